The summed E-state index contributed by atoms with van der Waals surface area (Å²) < 4.78 is 22.0. The van der Waals surface area contributed by atoms with Crippen LogP contribution in [0, 0.1) is 0 Å². The number of amides is 2. The molecule has 83 valence electrons. The van der Waals surface area contributed by atoms with Gasteiger partial charge in [0.1, 0.15) is 0 Å². The Hall–Kier alpha value is -1.60. The minimum Gasteiger partial charge on any atom is -0.316 e. The number of anilines is 1. The number of nitrogens with one attached hydrogen (secondary N) is 1. The maximum Gasteiger partial charge on any atom is 0.335 e. The number of carbonyl (C=O) groups excluding carboxylic acids is 2. The maximum atomic E-state index is 11.0. The first kappa shape index (κ1) is 10.9. The molecule has 0 fully saturated rings. The summed E-state index contributed by atoms with van der Waals surface area (Å²) in [6.45, 7) is 0. The lowest BCUT2D eigenvalue weighted by molar-refractivity contribution is -0.135. The van der Waals surface area contributed by atoms with Crippen LogP contribution in [0.25, 0.3) is 0 Å². The molecule has 1 N–H and O–H groups in total. The van der Waals surface area contributed by atoms with E-state index in [1.807, 2.05) is 0 Å². The van der Waals surface area contributed by atoms with Crippen LogP contribution in [0.2, 0.25) is 0 Å². The first-order valence-electron chi connectivity index (χ1n) is 4.04. The third-order valence-corrected chi connectivity index (χ3v) is 3.27. The second-order valence-corrected chi connectivity index (χ2v) is 5.55. The van der Waals surface area contributed by atoms with Gasteiger partial charge in [-0.25, -0.2) is 13.7 Å². The number of halogens is 1. The van der Waals surface area contributed by atoms with E-state index in [-0.39, 0.29) is 16.3 Å². The number of benzene rings is 1. The minimum atomic E-state index is -3.88. The monoisotopic (exact) mass is 259 g/mol. The number of carbonyl (C=O) groups is 2. The van der Waals surface area contributed by atoms with Gasteiger partial charge in [0.05, 0.1) is 16.3 Å². The van der Waals surface area contributed by atoms with E-state index in [1.54, 1.807) is 0 Å². The average molecular weight is 260 g/mol. The van der Waals surface area contributed by atoms with Gasteiger partial charge in [-0.1, -0.05) is 0 Å². The zero-order chi connectivity index (χ0) is 11.9. The van der Waals surface area contributed by atoms with Crippen LogP contribution in [0.3, 0.4) is 0 Å². The number of hydrogen-bond donors (Lipinski definition) is 1. The Kier molecular flexibility index (Phi) is 2.36. The van der Waals surface area contributed by atoms with Crippen molar-refractivity contribution in [2.75, 3.05) is 5.32 Å². The van der Waals surface area contributed by atoms with Crippen molar-refractivity contribution in [2.24, 2.45) is 0 Å². The van der Waals surface area contributed by atoms with E-state index in [0.29, 0.717) is 0 Å². The fourth-order valence-corrected chi connectivity index (χ4v) is 1.97. The molecule has 0 spiro atoms. The van der Waals surface area contributed by atoms with Gasteiger partial charge in [0.2, 0.25) is 0 Å². The van der Waals surface area contributed by atoms with Crippen molar-refractivity contribution >= 4 is 42.9 Å². The van der Waals surface area contributed by atoms with Crippen LogP contribution >= 0.6 is 10.7 Å². The predicted octanol–water partition coefficient (Wildman–Crippen LogP) is 0.329. The molecule has 0 aromatic heterocycles. The van der Waals surface area contributed by atoms with Gasteiger partial charge in [0, 0.05) is 10.7 Å². The molecule has 0 unspecified atom stereocenters. The molecule has 8 heteroatoms. The van der Waals surface area contributed by atoms with E-state index in [1.165, 1.54) is 12.1 Å². The Morgan fingerprint density at radius 1 is 1.25 bits per heavy atom. The predicted molar refractivity (Wildman–Crippen MR) is 54.9 cm³/mol. The maximum absolute atomic E-state index is 11.0. The van der Waals surface area contributed by atoms with Crippen LogP contribution in [0.4, 0.5) is 11.4 Å². The zero-order valence-corrected chi connectivity index (χ0v) is 9.17. The van der Waals surface area contributed by atoms with E-state index < -0.39 is 20.9 Å². The molecule has 1 aromatic rings. The Balaban J connectivity index is 2.52. The van der Waals surface area contributed by atoms with Gasteiger partial charge in [-0.15, -0.1) is 0 Å². The highest BCUT2D eigenvalue weighted by Gasteiger charge is 2.25. The van der Waals surface area contributed by atoms with E-state index in [2.05, 4.69) is 10.6 Å². The molecule has 0 atom stereocenters. The normalized spacial score (nSPS) is 15.1. The molecular formula is C8H4ClN2O4S. The summed E-state index contributed by atoms with van der Waals surface area (Å²) in [4.78, 5) is 21.7. The second-order valence-electron chi connectivity index (χ2n) is 2.99. The summed E-state index contributed by atoms with van der Waals surface area (Å²) in [5, 5.41) is 5.70. The van der Waals surface area contributed by atoms with Gasteiger partial charge >= 0.3 is 11.8 Å². The lowest BCUT2D eigenvalue weighted by Gasteiger charge is -2.15. The third kappa shape index (κ3) is 1.86. The van der Waals surface area contributed by atoms with Crippen LogP contribution in [0.1, 0.15) is 0 Å². The van der Waals surface area contributed by atoms with Crippen molar-refractivity contribution in [2.45, 2.75) is 4.90 Å². The second kappa shape index (κ2) is 3.46. The van der Waals surface area contributed by atoms with Gasteiger partial charge < -0.3 is 5.32 Å². The molecule has 6 nitrogen and oxygen atoms in total. The van der Waals surface area contributed by atoms with Gasteiger partial charge in [-0.05, 0) is 18.2 Å². The molecule has 0 aliphatic carbocycles. The van der Waals surface area contributed by atoms with Crippen LogP contribution in [-0.2, 0) is 18.6 Å². The molecule has 0 saturated carbocycles. The van der Waals surface area contributed by atoms with Gasteiger partial charge in [0.25, 0.3) is 9.05 Å². The lowest BCUT2D eigenvalue weighted by atomic mass is 10.2. The number of hydrogen-bond acceptors (Lipinski definition) is 4. The Morgan fingerprint density at radius 3 is 2.56 bits per heavy atom. The zero-order valence-electron chi connectivity index (χ0n) is 7.60. The molecular weight excluding hydrogens is 256 g/mol. The average Bonchev–Trinajstić information content (AvgIpc) is 2.17. The van der Waals surface area contributed by atoms with Crippen LogP contribution in [0.5, 0.6) is 0 Å². The lowest BCUT2D eigenvalue weighted by Crippen LogP contribution is -2.33. The van der Waals surface area contributed by atoms with Crippen LogP contribution in [-0.4, -0.2) is 20.2 Å². The highest BCUT2D eigenvalue weighted by atomic mass is 35.7. The van der Waals surface area contributed by atoms with E-state index >= 15 is 0 Å². The SMILES string of the molecule is O=C1[N]c2cc(S(=O)(=O)Cl)ccc2NC1=O. The van der Waals surface area contributed by atoms with Crippen molar-refractivity contribution in [1.29, 1.82) is 0 Å². The first-order valence-corrected chi connectivity index (χ1v) is 6.34. The molecule has 1 radical (unpaired) electrons. The standard InChI is InChI=1S/C8H4ClN2O4S/c9-16(14,15)4-1-2-5-6(3-4)11-8(13)7(12)10-5/h1-3H,(H,10,12). The fourth-order valence-electron chi connectivity index (χ4n) is 1.20. The molecule has 2 rings (SSSR count). The molecule has 16 heavy (non-hydrogen) atoms. The van der Waals surface area contributed by atoms with Crippen molar-refractivity contribution in [1.82, 2.24) is 5.32 Å². The summed E-state index contributed by atoms with van der Waals surface area (Å²) in [5.41, 5.74) is 0.347. The minimum absolute atomic E-state index is 0.0753. The molecule has 0 bridgehead atoms. The quantitative estimate of drug-likeness (QED) is 0.581. The number of fused-ring (bicyclic) bond motifs is 1. The summed E-state index contributed by atoms with van der Waals surface area (Å²) in [5.74, 6) is -1.83. The molecule has 1 heterocycles. The summed E-state index contributed by atoms with van der Waals surface area (Å²) in [7, 11) is 1.25. The largest absolute Gasteiger partial charge is 0.335 e. The van der Waals surface area contributed by atoms with Crippen molar-refractivity contribution in [3.8, 4) is 0 Å². The third-order valence-electron chi connectivity index (χ3n) is 1.92. The highest BCUT2D eigenvalue weighted by Crippen LogP contribution is 2.29. The number of nitrogens with zero attached hydrogens (tertiary/aromatic N) is 1. The van der Waals surface area contributed by atoms with Crippen molar-refractivity contribution in [3.05, 3.63) is 18.2 Å². The summed E-state index contributed by atoms with van der Waals surface area (Å²) in [6.07, 6.45) is 0. The molecule has 1 aromatic carbocycles. The van der Waals surface area contributed by atoms with E-state index in [4.69, 9.17) is 10.7 Å². The Bertz CT molecular complexity index is 596. The van der Waals surface area contributed by atoms with E-state index in [9.17, 15) is 18.0 Å². The van der Waals surface area contributed by atoms with Crippen LogP contribution in [0.15, 0.2) is 23.1 Å². The number of rotatable bonds is 1. The van der Waals surface area contributed by atoms with Crippen molar-refractivity contribution in [3.63, 3.8) is 0 Å². The van der Waals surface area contributed by atoms with Crippen molar-refractivity contribution < 1.29 is 18.0 Å². The highest BCUT2D eigenvalue weighted by molar-refractivity contribution is 8.13. The first-order chi connectivity index (χ1) is 7.38. The molecule has 1 aliphatic heterocycles. The molecule has 1 aliphatic rings. The summed E-state index contributed by atoms with van der Waals surface area (Å²) in [6, 6.07) is 3.65. The van der Waals surface area contributed by atoms with Gasteiger partial charge in [0.15, 0.2) is 0 Å². The molecule has 2 amide bonds. The Morgan fingerprint density at radius 2 is 1.94 bits per heavy atom. The summed E-state index contributed by atoms with van der Waals surface area (Å²) >= 11 is 0. The molecule has 0 saturated heterocycles. The van der Waals surface area contributed by atoms with Gasteiger partial charge in [-0.2, -0.15) is 0 Å². The smallest absolute Gasteiger partial charge is 0.316 e. The Labute approximate surface area is 95.0 Å². The van der Waals surface area contributed by atoms with Gasteiger partial charge in [-0.3, -0.25) is 9.59 Å². The van der Waals surface area contributed by atoms with E-state index in [0.717, 1.165) is 6.07 Å². The fraction of sp³-hybridized carbons (Fsp3) is 0. The van der Waals surface area contributed by atoms with Crippen LogP contribution < -0.4 is 10.6 Å². The topological polar surface area (TPSA) is 94.4 Å².